The van der Waals surface area contributed by atoms with Gasteiger partial charge in [-0.1, -0.05) is 6.92 Å². The minimum atomic E-state index is 0.797. The van der Waals surface area contributed by atoms with Crippen LogP contribution in [0.15, 0.2) is 18.6 Å². The monoisotopic (exact) mass is 234 g/mol. The predicted molar refractivity (Wildman–Crippen MR) is 68.6 cm³/mol. The highest BCUT2D eigenvalue weighted by Crippen LogP contribution is 2.12. The summed E-state index contributed by atoms with van der Waals surface area (Å²) >= 11 is 0. The van der Waals surface area contributed by atoms with E-state index >= 15 is 0 Å². The van der Waals surface area contributed by atoms with Gasteiger partial charge in [-0.2, -0.15) is 0 Å². The Labute approximate surface area is 103 Å². The molecule has 0 aliphatic carbocycles. The van der Waals surface area contributed by atoms with Gasteiger partial charge in [-0.25, -0.2) is 9.97 Å². The maximum atomic E-state index is 4.29. The molecule has 1 saturated heterocycles. The van der Waals surface area contributed by atoms with Crippen molar-refractivity contribution in [3.05, 3.63) is 24.3 Å². The van der Waals surface area contributed by atoms with Crippen molar-refractivity contribution in [2.75, 3.05) is 26.2 Å². The van der Waals surface area contributed by atoms with E-state index in [0.29, 0.717) is 0 Å². The Kier molecular flexibility index (Phi) is 4.88. The molecule has 4 nitrogen and oxygen atoms in total. The van der Waals surface area contributed by atoms with Crippen molar-refractivity contribution in [1.29, 1.82) is 0 Å². The fourth-order valence-corrected chi connectivity index (χ4v) is 2.39. The first-order valence-electron chi connectivity index (χ1n) is 6.56. The maximum Gasteiger partial charge on any atom is 0.115 e. The zero-order valence-corrected chi connectivity index (χ0v) is 10.6. The Hall–Kier alpha value is -1.00. The van der Waals surface area contributed by atoms with Crippen LogP contribution in [0.1, 0.15) is 25.5 Å². The fraction of sp³-hybridized carbons (Fsp3) is 0.692. The lowest BCUT2D eigenvalue weighted by molar-refractivity contribution is 0.208. The molecule has 1 aliphatic heterocycles. The highest BCUT2D eigenvalue weighted by molar-refractivity contribution is 4.97. The van der Waals surface area contributed by atoms with Crippen molar-refractivity contribution in [3.63, 3.8) is 0 Å². The minimum Gasteiger partial charge on any atom is -0.316 e. The lowest BCUT2D eigenvalue weighted by Crippen LogP contribution is -2.38. The normalized spacial score (nSPS) is 20.7. The average Bonchev–Trinajstić information content (AvgIpc) is 2.40. The first kappa shape index (κ1) is 12.5. The third-order valence-corrected chi connectivity index (χ3v) is 3.39. The summed E-state index contributed by atoms with van der Waals surface area (Å²) in [6.45, 7) is 7.77. The van der Waals surface area contributed by atoms with E-state index < -0.39 is 0 Å². The SMILES string of the molecule is CCN(Cc1ccncn1)CC1CCCNC1. The van der Waals surface area contributed by atoms with Crippen LogP contribution in [0.25, 0.3) is 0 Å². The zero-order chi connectivity index (χ0) is 11.9. The fourth-order valence-electron chi connectivity index (χ4n) is 2.39. The molecule has 0 bridgehead atoms. The van der Waals surface area contributed by atoms with E-state index in [1.54, 1.807) is 6.33 Å². The molecule has 0 aromatic carbocycles. The van der Waals surface area contributed by atoms with Crippen LogP contribution in [0.4, 0.5) is 0 Å². The lowest BCUT2D eigenvalue weighted by Gasteiger charge is -2.29. The summed E-state index contributed by atoms with van der Waals surface area (Å²) in [7, 11) is 0. The third-order valence-electron chi connectivity index (χ3n) is 3.39. The quantitative estimate of drug-likeness (QED) is 0.833. The van der Waals surface area contributed by atoms with Crippen LogP contribution in [0.3, 0.4) is 0 Å². The molecule has 1 N–H and O–H groups in total. The molecule has 1 aromatic heterocycles. The largest absolute Gasteiger partial charge is 0.316 e. The molecule has 0 amide bonds. The Morgan fingerprint density at radius 1 is 1.53 bits per heavy atom. The molecular weight excluding hydrogens is 212 g/mol. The van der Waals surface area contributed by atoms with Crippen LogP contribution >= 0.6 is 0 Å². The van der Waals surface area contributed by atoms with Gasteiger partial charge in [-0.3, -0.25) is 4.90 Å². The van der Waals surface area contributed by atoms with E-state index in [9.17, 15) is 0 Å². The average molecular weight is 234 g/mol. The number of aromatic nitrogens is 2. The van der Waals surface area contributed by atoms with Crippen LogP contribution in [0, 0.1) is 5.92 Å². The second-order valence-corrected chi connectivity index (χ2v) is 4.74. The minimum absolute atomic E-state index is 0.797. The van der Waals surface area contributed by atoms with E-state index in [0.717, 1.165) is 24.7 Å². The molecule has 2 rings (SSSR count). The van der Waals surface area contributed by atoms with E-state index in [2.05, 4.69) is 27.1 Å². The molecule has 1 aliphatic rings. The Balaban J connectivity index is 1.83. The summed E-state index contributed by atoms with van der Waals surface area (Å²) in [5.74, 6) is 0.797. The highest BCUT2D eigenvalue weighted by atomic mass is 15.1. The summed E-state index contributed by atoms with van der Waals surface area (Å²) in [4.78, 5) is 10.7. The van der Waals surface area contributed by atoms with Gasteiger partial charge in [0.1, 0.15) is 6.33 Å². The van der Waals surface area contributed by atoms with Gasteiger partial charge in [0.15, 0.2) is 0 Å². The van der Waals surface area contributed by atoms with E-state index in [1.807, 2.05) is 12.3 Å². The van der Waals surface area contributed by atoms with Crippen molar-refractivity contribution in [2.45, 2.75) is 26.3 Å². The van der Waals surface area contributed by atoms with E-state index in [-0.39, 0.29) is 0 Å². The van der Waals surface area contributed by atoms with Crippen molar-refractivity contribution in [1.82, 2.24) is 20.2 Å². The van der Waals surface area contributed by atoms with Crippen molar-refractivity contribution >= 4 is 0 Å². The van der Waals surface area contributed by atoms with Crippen LogP contribution < -0.4 is 5.32 Å². The molecule has 2 heterocycles. The van der Waals surface area contributed by atoms with Gasteiger partial charge in [0.25, 0.3) is 0 Å². The number of hydrogen-bond donors (Lipinski definition) is 1. The molecule has 1 unspecified atom stereocenters. The smallest absolute Gasteiger partial charge is 0.115 e. The number of hydrogen-bond acceptors (Lipinski definition) is 4. The van der Waals surface area contributed by atoms with Crippen LogP contribution in [-0.4, -0.2) is 41.0 Å². The molecule has 0 radical (unpaired) electrons. The maximum absolute atomic E-state index is 4.29. The van der Waals surface area contributed by atoms with Crippen LogP contribution in [0.2, 0.25) is 0 Å². The van der Waals surface area contributed by atoms with E-state index in [4.69, 9.17) is 0 Å². The van der Waals surface area contributed by atoms with Crippen molar-refractivity contribution in [2.24, 2.45) is 5.92 Å². The molecule has 0 spiro atoms. The van der Waals surface area contributed by atoms with Crippen LogP contribution in [0.5, 0.6) is 0 Å². The molecule has 1 aromatic rings. The summed E-state index contributed by atoms with van der Waals surface area (Å²) in [5, 5.41) is 3.48. The molecule has 94 valence electrons. The topological polar surface area (TPSA) is 41.1 Å². The van der Waals surface area contributed by atoms with Crippen LogP contribution in [-0.2, 0) is 6.54 Å². The van der Waals surface area contributed by atoms with Gasteiger partial charge in [-0.05, 0) is 44.5 Å². The Morgan fingerprint density at radius 2 is 2.47 bits per heavy atom. The molecular formula is C13H22N4. The zero-order valence-electron chi connectivity index (χ0n) is 10.6. The number of nitrogens with one attached hydrogen (secondary N) is 1. The highest BCUT2D eigenvalue weighted by Gasteiger charge is 2.16. The Bertz CT molecular complexity index is 308. The van der Waals surface area contributed by atoms with E-state index in [1.165, 1.54) is 32.5 Å². The number of piperidine rings is 1. The number of rotatable bonds is 5. The van der Waals surface area contributed by atoms with Gasteiger partial charge in [-0.15, -0.1) is 0 Å². The summed E-state index contributed by atoms with van der Waals surface area (Å²) in [6.07, 6.45) is 6.12. The molecule has 17 heavy (non-hydrogen) atoms. The van der Waals surface area contributed by atoms with Crippen molar-refractivity contribution < 1.29 is 0 Å². The summed E-state index contributed by atoms with van der Waals surface area (Å²) in [5.41, 5.74) is 1.12. The van der Waals surface area contributed by atoms with Crippen molar-refractivity contribution in [3.8, 4) is 0 Å². The van der Waals surface area contributed by atoms with Gasteiger partial charge in [0.2, 0.25) is 0 Å². The van der Waals surface area contributed by atoms with Gasteiger partial charge >= 0.3 is 0 Å². The molecule has 1 fully saturated rings. The molecule has 0 saturated carbocycles. The first-order valence-corrected chi connectivity index (χ1v) is 6.56. The second-order valence-electron chi connectivity index (χ2n) is 4.74. The molecule has 4 heteroatoms. The lowest BCUT2D eigenvalue weighted by atomic mass is 9.99. The first-order chi connectivity index (χ1) is 8.38. The summed E-state index contributed by atoms with van der Waals surface area (Å²) in [6, 6.07) is 2.00. The van der Waals surface area contributed by atoms with Gasteiger partial charge in [0.05, 0.1) is 5.69 Å². The second kappa shape index (κ2) is 6.67. The van der Waals surface area contributed by atoms with Gasteiger partial charge in [0, 0.05) is 19.3 Å². The third kappa shape index (κ3) is 4.06. The predicted octanol–water partition coefficient (Wildman–Crippen LogP) is 1.30. The number of nitrogens with zero attached hydrogens (tertiary/aromatic N) is 3. The Morgan fingerprint density at radius 3 is 3.12 bits per heavy atom. The molecule has 1 atom stereocenters. The standard InChI is InChI=1S/C13H22N4/c1-2-17(9-12-4-3-6-14-8-12)10-13-5-7-15-11-16-13/h5,7,11-12,14H,2-4,6,8-10H2,1H3. The summed E-state index contributed by atoms with van der Waals surface area (Å²) < 4.78 is 0. The van der Waals surface area contributed by atoms with Gasteiger partial charge < -0.3 is 5.32 Å².